The van der Waals surface area contributed by atoms with Crippen LogP contribution in [-0.4, -0.2) is 93.8 Å². The van der Waals surface area contributed by atoms with E-state index in [-0.39, 0.29) is 82.7 Å². The number of carboxylic acids is 1. The predicted molar refractivity (Wildman–Crippen MR) is 124 cm³/mol. The molecule has 0 radical (unpaired) electrons. The van der Waals surface area contributed by atoms with E-state index in [2.05, 4.69) is 35.3 Å². The number of nitrogens with two attached hydrogens (primary N) is 1. The number of hydrogen-bond donors (Lipinski definition) is 5. The van der Waals surface area contributed by atoms with Crippen molar-refractivity contribution in [2.24, 2.45) is 0 Å². The maximum atomic E-state index is 12.4. The van der Waals surface area contributed by atoms with Crippen LogP contribution >= 0.6 is 0 Å². The Bertz CT molecular complexity index is 1260. The van der Waals surface area contributed by atoms with Crippen molar-refractivity contribution in [1.29, 1.82) is 0 Å². The van der Waals surface area contributed by atoms with E-state index < -0.39 is 29.4 Å². The molecule has 2 aromatic heterocycles. The molecule has 0 aliphatic heterocycles. The Morgan fingerprint density at radius 3 is 2.59 bits per heavy atom. The number of aromatic nitrogens is 4. The summed E-state index contributed by atoms with van der Waals surface area (Å²) in [4.78, 5) is 61.4. The van der Waals surface area contributed by atoms with Crippen LogP contribution in [0.1, 0.15) is 31.7 Å². The molecule has 13 nitrogen and oxygen atoms in total. The summed E-state index contributed by atoms with van der Waals surface area (Å²) in [6, 6.07) is 5.06. The zero-order valence-electron chi connectivity index (χ0n) is 20.2. The van der Waals surface area contributed by atoms with Gasteiger partial charge in [0.05, 0.1) is 25.5 Å². The van der Waals surface area contributed by atoms with Gasteiger partial charge in [0.1, 0.15) is 6.04 Å². The average Bonchev–Trinajstić information content (AvgIpc) is 2.80. The van der Waals surface area contributed by atoms with Crippen molar-refractivity contribution >= 4 is 78.4 Å². The fourth-order valence-electron chi connectivity index (χ4n) is 2.85. The molecule has 14 heteroatoms. The van der Waals surface area contributed by atoms with Crippen LogP contribution in [0.2, 0.25) is 0 Å². The van der Waals surface area contributed by atoms with E-state index in [1.165, 1.54) is 25.4 Å². The van der Waals surface area contributed by atoms with Crippen molar-refractivity contribution in [3.63, 3.8) is 0 Å². The first kappa shape index (κ1) is 27.0. The number of nitrogens with one attached hydrogen (secondary N) is 3. The van der Waals surface area contributed by atoms with Gasteiger partial charge in [-0.1, -0.05) is 0 Å². The molecule has 0 aliphatic rings. The molecule has 6 N–H and O–H groups in total. The molecule has 3 aromatic rings. The largest absolute Gasteiger partial charge is 2.00 e. The number of ether oxygens (including phenoxy) is 1. The van der Waals surface area contributed by atoms with Crippen molar-refractivity contribution in [3.8, 4) is 0 Å². The van der Waals surface area contributed by atoms with Gasteiger partial charge in [-0.05, 0) is 30.7 Å². The third kappa shape index (κ3) is 7.10. The summed E-state index contributed by atoms with van der Waals surface area (Å²) in [6.07, 6.45) is 1.23. The summed E-state index contributed by atoms with van der Waals surface area (Å²) in [6.45, 7) is 0.243. The number of carbonyl (C=O) groups is 3. The molecule has 34 heavy (non-hydrogen) atoms. The molecule has 1 unspecified atom stereocenters. The van der Waals surface area contributed by atoms with E-state index in [9.17, 15) is 24.3 Å². The Kier molecular flexibility index (Phi) is 9.71. The minimum atomic E-state index is -1.25. The number of rotatable bonds is 9. The van der Waals surface area contributed by atoms with Gasteiger partial charge in [-0.15, -0.1) is 0 Å². The summed E-state index contributed by atoms with van der Waals surface area (Å²) in [7, 11) is 1.20. The van der Waals surface area contributed by atoms with Gasteiger partial charge in [0, 0.05) is 17.7 Å². The number of fused-ring (bicyclic) bond motifs is 1. The molecule has 1 amide bonds. The van der Waals surface area contributed by atoms with E-state index in [1.54, 1.807) is 12.1 Å². The summed E-state index contributed by atoms with van der Waals surface area (Å²) < 4.78 is 4.48. The molecular formula is C20H23CaN7O6. The molecule has 0 saturated carbocycles. The van der Waals surface area contributed by atoms with Crippen LogP contribution in [-0.2, 0) is 20.9 Å². The average molecular weight is 498 g/mol. The van der Waals surface area contributed by atoms with E-state index in [4.69, 9.17) is 5.73 Å². The first-order valence-electron chi connectivity index (χ1n) is 9.72. The van der Waals surface area contributed by atoms with Gasteiger partial charge in [0.25, 0.3) is 11.5 Å². The van der Waals surface area contributed by atoms with Gasteiger partial charge in [-0.25, -0.2) is 14.8 Å². The number of aromatic amines is 1. The van der Waals surface area contributed by atoms with Crippen molar-refractivity contribution < 1.29 is 27.1 Å². The molecule has 0 fully saturated rings. The van der Waals surface area contributed by atoms with Gasteiger partial charge in [0.15, 0.2) is 11.2 Å². The topological polar surface area (TPSA) is 202 Å². The number of nitrogen functional groups attached to an aromatic ring is 1. The van der Waals surface area contributed by atoms with Gasteiger partial charge < -0.3 is 29.1 Å². The maximum Gasteiger partial charge on any atom is 2.00 e. The molecule has 0 saturated heterocycles. The monoisotopic (exact) mass is 497 g/mol. The second-order valence-corrected chi connectivity index (χ2v) is 6.89. The number of esters is 1. The van der Waals surface area contributed by atoms with Crippen LogP contribution in [0.5, 0.6) is 0 Å². The molecular weight excluding hydrogens is 474 g/mol. The third-order valence-corrected chi connectivity index (χ3v) is 4.58. The van der Waals surface area contributed by atoms with Gasteiger partial charge in [-0.2, -0.15) is 4.98 Å². The van der Waals surface area contributed by atoms with Crippen molar-refractivity contribution in [2.45, 2.75) is 25.4 Å². The number of carboxylic acid groups (broad SMARTS) is 1. The summed E-state index contributed by atoms with van der Waals surface area (Å²) in [5.41, 5.74) is 6.57. The Morgan fingerprint density at radius 2 is 1.94 bits per heavy atom. The van der Waals surface area contributed by atoms with Crippen LogP contribution in [0.3, 0.4) is 0 Å². The Balaban J connectivity index is 0.00000408. The number of amides is 1. The standard InChI is InChI=1S/C20H21N7O6.Ca.2H/c1-33-14(28)7-6-13(19(31)32)25-17(29)10-2-4-11(5-3-10)22-8-12-9-23-16-15(24-12)18(30)27-20(21)26-16;;;/h2-5,9,13,22H,6-8H2,1H3,(H,25,29)(H,31,32)(H3,21,23,26,27,30);;;/q;+2;2*-1. The quantitative estimate of drug-likeness (QED) is 0.195. The molecule has 1 aromatic carbocycles. The first-order chi connectivity index (χ1) is 15.8. The predicted octanol–water partition coefficient (Wildman–Crippen LogP) is -0.112. The second kappa shape index (κ2) is 12.3. The smallest absolute Gasteiger partial charge is 1.00 e. The number of aliphatic carboxylic acids is 1. The fraction of sp³-hybridized carbons (Fsp3) is 0.250. The zero-order chi connectivity index (χ0) is 24.0. The normalized spacial score (nSPS) is 11.2. The molecule has 176 valence electrons. The molecule has 3 rings (SSSR count). The van der Waals surface area contributed by atoms with Crippen LogP contribution in [0.4, 0.5) is 11.6 Å². The number of hydrogen-bond acceptors (Lipinski definition) is 10. The number of benzene rings is 1. The second-order valence-electron chi connectivity index (χ2n) is 6.89. The maximum absolute atomic E-state index is 12.4. The minimum absolute atomic E-state index is 0. The first-order valence-corrected chi connectivity index (χ1v) is 9.72. The summed E-state index contributed by atoms with van der Waals surface area (Å²) in [5.74, 6) is -2.45. The number of H-pyrrole nitrogens is 1. The Labute approximate surface area is 225 Å². The van der Waals surface area contributed by atoms with E-state index >= 15 is 0 Å². The van der Waals surface area contributed by atoms with E-state index in [1.807, 2.05) is 0 Å². The van der Waals surface area contributed by atoms with Crippen LogP contribution in [0, 0.1) is 0 Å². The van der Waals surface area contributed by atoms with Crippen molar-refractivity contribution in [2.75, 3.05) is 18.2 Å². The summed E-state index contributed by atoms with van der Waals surface area (Å²) >= 11 is 0. The number of carbonyl (C=O) groups excluding carboxylic acids is 2. The zero-order valence-corrected chi connectivity index (χ0v) is 20.4. The minimum Gasteiger partial charge on any atom is -1.00 e. The van der Waals surface area contributed by atoms with E-state index in [0.29, 0.717) is 11.4 Å². The summed E-state index contributed by atoms with van der Waals surface area (Å²) in [5, 5.41) is 14.7. The number of nitrogens with zero attached hydrogens (tertiary/aromatic N) is 3. The van der Waals surface area contributed by atoms with Crippen LogP contribution in [0.15, 0.2) is 35.3 Å². The third-order valence-electron chi connectivity index (χ3n) is 4.58. The van der Waals surface area contributed by atoms with E-state index in [0.717, 1.165) is 0 Å². The van der Waals surface area contributed by atoms with Gasteiger partial charge in [-0.3, -0.25) is 19.4 Å². The van der Waals surface area contributed by atoms with Crippen molar-refractivity contribution in [1.82, 2.24) is 25.3 Å². The fourth-order valence-corrected chi connectivity index (χ4v) is 2.85. The van der Waals surface area contributed by atoms with Crippen LogP contribution in [0.25, 0.3) is 11.2 Å². The molecule has 2 heterocycles. The Hall–Kier alpha value is -3.29. The van der Waals surface area contributed by atoms with Gasteiger partial charge in [0.2, 0.25) is 5.95 Å². The number of anilines is 2. The molecule has 0 bridgehead atoms. The number of methoxy groups -OCH3 is 1. The van der Waals surface area contributed by atoms with Crippen LogP contribution < -0.4 is 21.9 Å². The Morgan fingerprint density at radius 1 is 1.24 bits per heavy atom. The molecule has 0 spiro atoms. The van der Waals surface area contributed by atoms with Crippen molar-refractivity contribution in [3.05, 3.63) is 52.1 Å². The SMILES string of the molecule is COC(=O)CCC(NC(=O)c1ccc(NCc2cnc3nc(N)[nH]c(=O)c3n2)cc1)C(=O)O.[Ca+2].[H-].[H-]. The van der Waals surface area contributed by atoms with Gasteiger partial charge >= 0.3 is 49.7 Å². The molecule has 1 atom stereocenters. The molecule has 0 aliphatic carbocycles.